The summed E-state index contributed by atoms with van der Waals surface area (Å²) in [6.45, 7) is 1.82. The Bertz CT molecular complexity index is 205. The van der Waals surface area contributed by atoms with Crippen LogP contribution in [0.25, 0.3) is 0 Å². The molecule has 1 aliphatic carbocycles. The van der Waals surface area contributed by atoms with E-state index in [0.29, 0.717) is 0 Å². The number of rotatable bonds is 4. The van der Waals surface area contributed by atoms with Gasteiger partial charge in [-0.3, -0.25) is 0 Å². The van der Waals surface area contributed by atoms with E-state index in [0.717, 1.165) is 24.8 Å². The maximum atomic E-state index is 4.59. The molecule has 0 aliphatic heterocycles. The van der Waals surface area contributed by atoms with Crippen LogP contribution in [0.4, 0.5) is 0 Å². The first kappa shape index (κ1) is 6.79. The Hall–Kier alpha value is -0.900. The molecule has 1 heterocycles. The van der Waals surface area contributed by atoms with E-state index in [9.17, 15) is 0 Å². The highest BCUT2D eigenvalue weighted by Gasteiger charge is 2.20. The average molecular weight is 153 g/mol. The van der Waals surface area contributed by atoms with Crippen molar-refractivity contribution >= 4 is 0 Å². The molecule has 0 unspecified atom stereocenters. The monoisotopic (exact) mass is 153 g/mol. The molecule has 60 valence electrons. The molecule has 0 amide bonds. The minimum absolute atomic E-state index is 0.729. The van der Waals surface area contributed by atoms with Crippen LogP contribution in [0, 0.1) is 5.92 Å². The van der Waals surface area contributed by atoms with E-state index in [1.165, 1.54) is 19.2 Å². The fraction of sp³-hybridized carbons (Fsp3) is 0.714. The highest BCUT2D eigenvalue weighted by Crippen LogP contribution is 2.27. The Morgan fingerprint density at radius 1 is 1.64 bits per heavy atom. The zero-order chi connectivity index (χ0) is 7.52. The Kier molecular flexibility index (Phi) is 1.85. The molecule has 4 nitrogen and oxygen atoms in total. The van der Waals surface area contributed by atoms with Gasteiger partial charge in [-0.25, -0.2) is 0 Å². The van der Waals surface area contributed by atoms with Gasteiger partial charge < -0.3 is 9.84 Å². The Morgan fingerprint density at radius 3 is 3.18 bits per heavy atom. The molecule has 0 saturated heterocycles. The SMILES string of the molecule is c1nc(CNCC2CC2)no1. The van der Waals surface area contributed by atoms with Gasteiger partial charge in [0.15, 0.2) is 5.82 Å². The van der Waals surface area contributed by atoms with Crippen LogP contribution in [0.3, 0.4) is 0 Å². The van der Waals surface area contributed by atoms with Crippen molar-refractivity contribution in [2.75, 3.05) is 6.54 Å². The van der Waals surface area contributed by atoms with Crippen LogP contribution < -0.4 is 5.32 Å². The fourth-order valence-corrected chi connectivity index (χ4v) is 0.980. The predicted octanol–water partition coefficient (Wildman–Crippen LogP) is 0.569. The van der Waals surface area contributed by atoms with Gasteiger partial charge in [-0.15, -0.1) is 0 Å². The third kappa shape index (κ3) is 2.01. The lowest BCUT2D eigenvalue weighted by Gasteiger charge is -1.96. The highest BCUT2D eigenvalue weighted by atomic mass is 16.5. The van der Waals surface area contributed by atoms with Crippen molar-refractivity contribution in [2.45, 2.75) is 19.4 Å². The number of hydrogen-bond donors (Lipinski definition) is 1. The standard InChI is InChI=1S/C7H11N3O/c1-2-6(1)3-8-4-7-9-5-11-10-7/h5-6,8H,1-4H2. The largest absolute Gasteiger partial charge is 0.343 e. The molecule has 1 aliphatic rings. The van der Waals surface area contributed by atoms with E-state index in [1.807, 2.05) is 0 Å². The van der Waals surface area contributed by atoms with E-state index in [1.54, 1.807) is 0 Å². The van der Waals surface area contributed by atoms with Crippen LogP contribution in [0.1, 0.15) is 18.7 Å². The van der Waals surface area contributed by atoms with Crippen LogP contribution in [-0.2, 0) is 6.54 Å². The molecule has 0 aromatic carbocycles. The van der Waals surface area contributed by atoms with Crippen LogP contribution in [-0.4, -0.2) is 16.7 Å². The lowest BCUT2D eigenvalue weighted by atomic mass is 10.4. The van der Waals surface area contributed by atoms with Crippen LogP contribution in [0.5, 0.6) is 0 Å². The van der Waals surface area contributed by atoms with Crippen LogP contribution in [0.15, 0.2) is 10.9 Å². The van der Waals surface area contributed by atoms with Crippen molar-refractivity contribution in [2.24, 2.45) is 5.92 Å². The lowest BCUT2D eigenvalue weighted by molar-refractivity contribution is 0.407. The van der Waals surface area contributed by atoms with Gasteiger partial charge in [0.25, 0.3) is 0 Å². The maximum absolute atomic E-state index is 4.59. The molecule has 0 bridgehead atoms. The van der Waals surface area contributed by atoms with Crippen molar-refractivity contribution in [1.82, 2.24) is 15.5 Å². The number of hydrogen-bond acceptors (Lipinski definition) is 4. The molecule has 0 radical (unpaired) electrons. The number of nitrogens with zero attached hydrogens (tertiary/aromatic N) is 2. The van der Waals surface area contributed by atoms with Gasteiger partial charge in [-0.1, -0.05) is 5.16 Å². The normalized spacial score (nSPS) is 17.1. The summed E-state index contributed by atoms with van der Waals surface area (Å²) < 4.78 is 4.59. The van der Waals surface area contributed by atoms with E-state index < -0.39 is 0 Å². The highest BCUT2D eigenvalue weighted by molar-refractivity contribution is 4.80. The summed E-state index contributed by atoms with van der Waals surface area (Å²) in [6, 6.07) is 0. The van der Waals surface area contributed by atoms with E-state index >= 15 is 0 Å². The van der Waals surface area contributed by atoms with Gasteiger partial charge in [0.05, 0.1) is 6.54 Å². The van der Waals surface area contributed by atoms with E-state index in [2.05, 4.69) is 20.0 Å². The third-order valence-electron chi connectivity index (χ3n) is 1.82. The topological polar surface area (TPSA) is 51.0 Å². The fourth-order valence-electron chi connectivity index (χ4n) is 0.980. The molecule has 1 fully saturated rings. The second-order valence-corrected chi connectivity index (χ2v) is 2.92. The molecular weight excluding hydrogens is 142 g/mol. The zero-order valence-electron chi connectivity index (χ0n) is 6.29. The summed E-state index contributed by atoms with van der Waals surface area (Å²) in [5.74, 6) is 1.65. The van der Waals surface area contributed by atoms with Gasteiger partial charge in [0.2, 0.25) is 6.39 Å². The van der Waals surface area contributed by atoms with Crippen molar-refractivity contribution in [3.8, 4) is 0 Å². The van der Waals surface area contributed by atoms with Gasteiger partial charge in [-0.05, 0) is 25.3 Å². The number of nitrogens with one attached hydrogen (secondary N) is 1. The molecule has 4 heteroatoms. The van der Waals surface area contributed by atoms with Gasteiger partial charge in [-0.2, -0.15) is 4.98 Å². The summed E-state index contributed by atoms with van der Waals surface area (Å²) in [4.78, 5) is 3.89. The summed E-state index contributed by atoms with van der Waals surface area (Å²) in [5.41, 5.74) is 0. The molecular formula is C7H11N3O. The number of aromatic nitrogens is 2. The van der Waals surface area contributed by atoms with Gasteiger partial charge in [0, 0.05) is 0 Å². The Balaban J connectivity index is 1.66. The molecule has 2 rings (SSSR count). The third-order valence-corrected chi connectivity index (χ3v) is 1.82. The smallest absolute Gasteiger partial charge is 0.213 e. The minimum atomic E-state index is 0.729. The summed E-state index contributed by atoms with van der Waals surface area (Å²) in [6.07, 6.45) is 4.10. The first-order valence-corrected chi connectivity index (χ1v) is 3.91. The molecule has 1 aromatic heterocycles. The molecule has 1 N–H and O–H groups in total. The Labute approximate surface area is 65.0 Å². The molecule has 1 aromatic rings. The summed E-state index contributed by atoms with van der Waals surface area (Å²) in [7, 11) is 0. The minimum Gasteiger partial charge on any atom is -0.343 e. The zero-order valence-corrected chi connectivity index (χ0v) is 6.29. The quantitative estimate of drug-likeness (QED) is 0.687. The van der Waals surface area contributed by atoms with Crippen molar-refractivity contribution in [1.29, 1.82) is 0 Å². The van der Waals surface area contributed by atoms with Crippen LogP contribution >= 0.6 is 0 Å². The molecule has 0 atom stereocenters. The van der Waals surface area contributed by atoms with Gasteiger partial charge in [0.1, 0.15) is 0 Å². The lowest BCUT2D eigenvalue weighted by Crippen LogP contribution is -2.16. The predicted molar refractivity (Wildman–Crippen MR) is 38.7 cm³/mol. The van der Waals surface area contributed by atoms with E-state index in [4.69, 9.17) is 0 Å². The van der Waals surface area contributed by atoms with Crippen molar-refractivity contribution < 1.29 is 4.52 Å². The summed E-state index contributed by atoms with van der Waals surface area (Å²) >= 11 is 0. The molecule has 0 spiro atoms. The van der Waals surface area contributed by atoms with Crippen LogP contribution in [0.2, 0.25) is 0 Å². The molecule has 11 heavy (non-hydrogen) atoms. The van der Waals surface area contributed by atoms with Crippen molar-refractivity contribution in [3.63, 3.8) is 0 Å². The molecule has 1 saturated carbocycles. The maximum Gasteiger partial charge on any atom is 0.213 e. The first-order chi connectivity index (χ1) is 5.45. The van der Waals surface area contributed by atoms with Gasteiger partial charge >= 0.3 is 0 Å². The second kappa shape index (κ2) is 3.00. The Morgan fingerprint density at radius 2 is 2.55 bits per heavy atom. The second-order valence-electron chi connectivity index (χ2n) is 2.92. The van der Waals surface area contributed by atoms with Crippen molar-refractivity contribution in [3.05, 3.63) is 12.2 Å². The first-order valence-electron chi connectivity index (χ1n) is 3.91. The van der Waals surface area contributed by atoms with E-state index in [-0.39, 0.29) is 0 Å². The summed E-state index contributed by atoms with van der Waals surface area (Å²) in [5, 5.41) is 6.95. The average Bonchev–Trinajstić information content (AvgIpc) is 2.66.